The van der Waals surface area contributed by atoms with Crippen molar-refractivity contribution in [3.63, 3.8) is 0 Å². The van der Waals surface area contributed by atoms with Crippen LogP contribution in [-0.2, 0) is 11.3 Å². The van der Waals surface area contributed by atoms with Crippen molar-refractivity contribution >= 4 is 17.4 Å². The van der Waals surface area contributed by atoms with Crippen LogP contribution in [0.1, 0.15) is 27.9 Å². The Morgan fingerprint density at radius 1 is 1.14 bits per heavy atom. The number of imidazole rings is 1. The maximum absolute atomic E-state index is 12.2. The smallest absolute Gasteiger partial charge is 0.299 e. The number of carbonyl (C=O) groups excluding carboxylic acids is 2. The SMILES string of the molecule is Cc1cc(C)c2c(c1)N(CCCn1ccnc1)C(=O)C2=O. The molecule has 5 nitrogen and oxygen atoms in total. The van der Waals surface area contributed by atoms with Crippen molar-refractivity contribution in [3.8, 4) is 0 Å². The third-order valence-electron chi connectivity index (χ3n) is 3.77. The van der Waals surface area contributed by atoms with Gasteiger partial charge in [-0.1, -0.05) is 6.07 Å². The number of benzene rings is 1. The van der Waals surface area contributed by atoms with E-state index >= 15 is 0 Å². The van der Waals surface area contributed by atoms with E-state index in [1.54, 1.807) is 17.4 Å². The fraction of sp³-hybridized carbons (Fsp3) is 0.312. The lowest BCUT2D eigenvalue weighted by molar-refractivity contribution is -0.114. The number of hydrogen-bond donors (Lipinski definition) is 0. The molecule has 1 aromatic carbocycles. The summed E-state index contributed by atoms with van der Waals surface area (Å²) in [5, 5.41) is 0. The van der Waals surface area contributed by atoms with Crippen LogP contribution in [0.15, 0.2) is 30.9 Å². The molecular formula is C16H17N3O2. The van der Waals surface area contributed by atoms with E-state index in [2.05, 4.69) is 4.98 Å². The van der Waals surface area contributed by atoms with Crippen LogP contribution in [0, 0.1) is 13.8 Å². The predicted molar refractivity (Wildman–Crippen MR) is 79.4 cm³/mol. The number of carbonyl (C=O) groups is 2. The van der Waals surface area contributed by atoms with Gasteiger partial charge in [-0.3, -0.25) is 9.59 Å². The maximum atomic E-state index is 12.2. The quantitative estimate of drug-likeness (QED) is 0.808. The molecule has 1 aliphatic rings. The Labute approximate surface area is 123 Å². The summed E-state index contributed by atoms with van der Waals surface area (Å²) in [6.07, 6.45) is 6.15. The standard InChI is InChI=1S/C16H17N3O2/c1-11-8-12(2)14-13(9-11)19(16(21)15(14)20)6-3-5-18-7-4-17-10-18/h4,7-10H,3,5-6H2,1-2H3. The van der Waals surface area contributed by atoms with E-state index in [-0.39, 0.29) is 5.78 Å². The number of aromatic nitrogens is 2. The van der Waals surface area contributed by atoms with E-state index in [0.717, 1.165) is 29.8 Å². The van der Waals surface area contributed by atoms with Gasteiger partial charge in [-0.25, -0.2) is 4.98 Å². The van der Waals surface area contributed by atoms with Crippen LogP contribution in [-0.4, -0.2) is 27.8 Å². The average Bonchev–Trinajstić information content (AvgIpc) is 3.01. The number of ketones is 1. The molecule has 0 bridgehead atoms. The first kappa shape index (κ1) is 13.5. The van der Waals surface area contributed by atoms with Crippen LogP contribution >= 0.6 is 0 Å². The van der Waals surface area contributed by atoms with Crippen LogP contribution in [0.4, 0.5) is 5.69 Å². The van der Waals surface area contributed by atoms with Gasteiger partial charge in [0.05, 0.1) is 17.6 Å². The number of aryl methyl sites for hydroxylation is 3. The van der Waals surface area contributed by atoms with Crippen LogP contribution in [0.3, 0.4) is 0 Å². The highest BCUT2D eigenvalue weighted by Gasteiger charge is 2.36. The first-order valence-corrected chi connectivity index (χ1v) is 7.01. The molecule has 0 fully saturated rings. The molecule has 1 aromatic heterocycles. The molecule has 0 saturated heterocycles. The minimum Gasteiger partial charge on any atom is -0.337 e. The summed E-state index contributed by atoms with van der Waals surface area (Å²) in [6.45, 7) is 5.17. The van der Waals surface area contributed by atoms with E-state index in [9.17, 15) is 9.59 Å². The van der Waals surface area contributed by atoms with E-state index in [4.69, 9.17) is 0 Å². The highest BCUT2D eigenvalue weighted by molar-refractivity contribution is 6.52. The molecule has 2 heterocycles. The number of anilines is 1. The lowest BCUT2D eigenvalue weighted by atomic mass is 10.0. The van der Waals surface area contributed by atoms with Crippen molar-refractivity contribution in [2.75, 3.05) is 11.4 Å². The van der Waals surface area contributed by atoms with E-state index in [1.165, 1.54) is 0 Å². The van der Waals surface area contributed by atoms with Gasteiger partial charge in [-0.05, 0) is 37.5 Å². The lowest BCUT2D eigenvalue weighted by Crippen LogP contribution is -2.31. The van der Waals surface area contributed by atoms with E-state index < -0.39 is 5.91 Å². The molecule has 3 rings (SSSR count). The largest absolute Gasteiger partial charge is 0.337 e. The first-order valence-electron chi connectivity index (χ1n) is 7.01. The molecule has 5 heteroatoms. The van der Waals surface area contributed by atoms with Crippen LogP contribution in [0.2, 0.25) is 0 Å². The third kappa shape index (κ3) is 2.35. The number of amides is 1. The predicted octanol–water partition coefficient (Wildman–Crippen LogP) is 2.12. The van der Waals surface area contributed by atoms with Gasteiger partial charge >= 0.3 is 0 Å². The van der Waals surface area contributed by atoms with E-state index in [0.29, 0.717) is 12.1 Å². The maximum Gasteiger partial charge on any atom is 0.299 e. The summed E-state index contributed by atoms with van der Waals surface area (Å²) in [5.41, 5.74) is 3.26. The average molecular weight is 283 g/mol. The van der Waals surface area contributed by atoms with Crippen molar-refractivity contribution in [1.29, 1.82) is 0 Å². The van der Waals surface area contributed by atoms with Gasteiger partial charge in [0.15, 0.2) is 0 Å². The van der Waals surface area contributed by atoms with Crippen molar-refractivity contribution in [2.24, 2.45) is 0 Å². The van der Waals surface area contributed by atoms with Crippen LogP contribution < -0.4 is 4.90 Å². The van der Waals surface area contributed by atoms with Crippen LogP contribution in [0.25, 0.3) is 0 Å². The molecule has 0 unspecified atom stereocenters. The molecule has 0 saturated carbocycles. The molecular weight excluding hydrogens is 266 g/mol. The Morgan fingerprint density at radius 3 is 2.67 bits per heavy atom. The van der Waals surface area contributed by atoms with Gasteiger partial charge in [0, 0.05) is 25.5 Å². The Morgan fingerprint density at radius 2 is 1.95 bits per heavy atom. The first-order chi connectivity index (χ1) is 10.1. The lowest BCUT2D eigenvalue weighted by Gasteiger charge is -2.17. The summed E-state index contributed by atoms with van der Waals surface area (Å²) in [6, 6.07) is 3.86. The fourth-order valence-corrected chi connectivity index (χ4v) is 2.84. The zero-order valence-electron chi connectivity index (χ0n) is 12.2. The molecule has 0 radical (unpaired) electrons. The Hall–Kier alpha value is -2.43. The molecule has 1 aliphatic heterocycles. The molecule has 0 atom stereocenters. The van der Waals surface area contributed by atoms with Crippen LogP contribution in [0.5, 0.6) is 0 Å². The van der Waals surface area contributed by atoms with E-state index in [1.807, 2.05) is 36.7 Å². The van der Waals surface area contributed by atoms with Gasteiger partial charge in [0.25, 0.3) is 11.7 Å². The van der Waals surface area contributed by atoms with Crippen molar-refractivity contribution in [2.45, 2.75) is 26.8 Å². The zero-order chi connectivity index (χ0) is 15.0. The van der Waals surface area contributed by atoms with Crippen molar-refractivity contribution in [3.05, 3.63) is 47.5 Å². The normalized spacial score (nSPS) is 13.9. The summed E-state index contributed by atoms with van der Waals surface area (Å²) < 4.78 is 1.96. The molecule has 1 amide bonds. The minimum atomic E-state index is -0.413. The molecule has 21 heavy (non-hydrogen) atoms. The topological polar surface area (TPSA) is 55.2 Å². The Balaban J connectivity index is 1.80. The molecule has 2 aromatic rings. The second-order valence-corrected chi connectivity index (χ2v) is 5.42. The highest BCUT2D eigenvalue weighted by atomic mass is 16.2. The summed E-state index contributed by atoms with van der Waals surface area (Å²) in [7, 11) is 0. The van der Waals surface area contributed by atoms with Gasteiger partial charge in [0.2, 0.25) is 0 Å². The molecule has 0 aliphatic carbocycles. The third-order valence-corrected chi connectivity index (χ3v) is 3.77. The fourth-order valence-electron chi connectivity index (χ4n) is 2.84. The molecule has 0 N–H and O–H groups in total. The summed E-state index contributed by atoms with van der Waals surface area (Å²) in [5.74, 6) is -0.797. The number of nitrogens with zero attached hydrogens (tertiary/aromatic N) is 3. The Bertz CT molecular complexity index is 705. The zero-order valence-corrected chi connectivity index (χ0v) is 12.2. The summed E-state index contributed by atoms with van der Waals surface area (Å²) >= 11 is 0. The van der Waals surface area contributed by atoms with Gasteiger partial charge in [-0.2, -0.15) is 0 Å². The second-order valence-electron chi connectivity index (χ2n) is 5.42. The second kappa shape index (κ2) is 5.16. The monoisotopic (exact) mass is 283 g/mol. The number of hydrogen-bond acceptors (Lipinski definition) is 3. The number of Topliss-reactive ketones (excluding diaryl/α,β-unsaturated/α-hetero) is 1. The molecule has 108 valence electrons. The van der Waals surface area contributed by atoms with Crippen molar-refractivity contribution in [1.82, 2.24) is 9.55 Å². The van der Waals surface area contributed by atoms with Gasteiger partial charge in [-0.15, -0.1) is 0 Å². The van der Waals surface area contributed by atoms with Gasteiger partial charge in [0.1, 0.15) is 0 Å². The minimum absolute atomic E-state index is 0.384. The molecule has 0 spiro atoms. The summed E-state index contributed by atoms with van der Waals surface area (Å²) in [4.78, 5) is 29.9. The number of fused-ring (bicyclic) bond motifs is 1. The Kier molecular flexibility index (Phi) is 3.33. The highest BCUT2D eigenvalue weighted by Crippen LogP contribution is 2.32. The van der Waals surface area contributed by atoms with Gasteiger partial charge < -0.3 is 9.47 Å². The van der Waals surface area contributed by atoms with Crippen molar-refractivity contribution < 1.29 is 9.59 Å². The number of rotatable bonds is 4.